The third kappa shape index (κ3) is 6.94. The van der Waals surface area contributed by atoms with Crippen LogP contribution in [0.5, 0.6) is 0 Å². The van der Waals surface area contributed by atoms with E-state index in [0.717, 1.165) is 30.7 Å². The molecule has 0 atom stereocenters. The summed E-state index contributed by atoms with van der Waals surface area (Å²) in [6.07, 6.45) is 2.24. The maximum absolute atomic E-state index is 11.7. The van der Waals surface area contributed by atoms with E-state index in [1.807, 2.05) is 31.2 Å². The smallest absolute Gasteiger partial charge is 0.238 e. The maximum Gasteiger partial charge on any atom is 0.238 e. The second-order valence-electron chi connectivity index (χ2n) is 4.51. The number of hydrogen-bond donors (Lipinski definition) is 2. The number of para-hydroxylation sites is 1. The topological polar surface area (TPSA) is 50.4 Å². The number of unbranched alkanes of at least 4 members (excludes halogenated alkanes) is 1. The van der Waals surface area contributed by atoms with Gasteiger partial charge in [0, 0.05) is 18.8 Å². The van der Waals surface area contributed by atoms with Gasteiger partial charge in [-0.2, -0.15) is 0 Å². The first-order chi connectivity index (χ1) is 9.24. The van der Waals surface area contributed by atoms with Gasteiger partial charge in [0.15, 0.2) is 0 Å². The van der Waals surface area contributed by atoms with Crippen molar-refractivity contribution in [2.75, 3.05) is 31.6 Å². The molecule has 0 fully saturated rings. The van der Waals surface area contributed by atoms with E-state index in [9.17, 15) is 4.79 Å². The van der Waals surface area contributed by atoms with E-state index in [-0.39, 0.29) is 5.91 Å². The number of nitrogens with one attached hydrogen (secondary N) is 2. The molecule has 0 aliphatic heterocycles. The first kappa shape index (κ1) is 15.7. The number of benzene rings is 1. The molecule has 0 aromatic heterocycles. The fourth-order valence-corrected chi connectivity index (χ4v) is 1.60. The van der Waals surface area contributed by atoms with Crippen LogP contribution in [-0.4, -0.2) is 32.2 Å². The van der Waals surface area contributed by atoms with Crippen LogP contribution < -0.4 is 10.6 Å². The standard InChI is InChI=1S/C15H24N2O2/c1-3-4-10-19-11-9-16-12-15(18)17-14-8-6-5-7-13(14)2/h5-8,16H,3-4,9-12H2,1-2H3,(H,17,18). The molecule has 4 nitrogen and oxygen atoms in total. The Labute approximate surface area is 115 Å². The summed E-state index contributed by atoms with van der Waals surface area (Å²) in [5, 5.41) is 5.94. The number of anilines is 1. The highest BCUT2D eigenvalue weighted by atomic mass is 16.5. The Morgan fingerprint density at radius 1 is 1.26 bits per heavy atom. The van der Waals surface area contributed by atoms with E-state index in [0.29, 0.717) is 19.7 Å². The van der Waals surface area contributed by atoms with Crippen molar-refractivity contribution < 1.29 is 9.53 Å². The number of aryl methyl sites for hydroxylation is 1. The Kier molecular flexibility index (Phi) is 7.86. The van der Waals surface area contributed by atoms with Gasteiger partial charge in [0.2, 0.25) is 5.91 Å². The number of carbonyl (C=O) groups is 1. The molecule has 1 aromatic rings. The Morgan fingerprint density at radius 2 is 2.05 bits per heavy atom. The number of hydrogen-bond acceptors (Lipinski definition) is 3. The highest BCUT2D eigenvalue weighted by Gasteiger charge is 2.03. The molecular weight excluding hydrogens is 240 g/mol. The highest BCUT2D eigenvalue weighted by molar-refractivity contribution is 5.92. The molecule has 0 heterocycles. The van der Waals surface area contributed by atoms with Crippen LogP contribution in [0, 0.1) is 6.92 Å². The van der Waals surface area contributed by atoms with E-state index in [1.54, 1.807) is 0 Å². The van der Waals surface area contributed by atoms with Crippen LogP contribution in [0.4, 0.5) is 5.69 Å². The van der Waals surface area contributed by atoms with Gasteiger partial charge in [0.1, 0.15) is 0 Å². The van der Waals surface area contributed by atoms with Gasteiger partial charge in [-0.05, 0) is 25.0 Å². The van der Waals surface area contributed by atoms with E-state index in [1.165, 1.54) is 0 Å². The first-order valence-corrected chi connectivity index (χ1v) is 6.88. The lowest BCUT2D eigenvalue weighted by Crippen LogP contribution is -2.30. The van der Waals surface area contributed by atoms with E-state index in [2.05, 4.69) is 17.6 Å². The van der Waals surface area contributed by atoms with Crippen LogP contribution in [0.2, 0.25) is 0 Å². The lowest BCUT2D eigenvalue weighted by atomic mass is 10.2. The molecule has 0 aliphatic carbocycles. The number of rotatable bonds is 9. The number of amides is 1. The summed E-state index contributed by atoms with van der Waals surface area (Å²) < 4.78 is 5.40. The third-order valence-electron chi connectivity index (χ3n) is 2.77. The molecule has 0 spiro atoms. The summed E-state index contributed by atoms with van der Waals surface area (Å²) in [4.78, 5) is 11.7. The molecule has 1 aromatic carbocycles. The van der Waals surface area contributed by atoms with E-state index >= 15 is 0 Å². The monoisotopic (exact) mass is 264 g/mol. The summed E-state index contributed by atoms with van der Waals surface area (Å²) in [5.74, 6) is -0.0251. The summed E-state index contributed by atoms with van der Waals surface area (Å²) in [5.41, 5.74) is 1.94. The van der Waals surface area contributed by atoms with Crippen LogP contribution in [0.1, 0.15) is 25.3 Å². The van der Waals surface area contributed by atoms with Crippen molar-refractivity contribution in [3.8, 4) is 0 Å². The minimum absolute atomic E-state index is 0.0251. The molecular formula is C15H24N2O2. The van der Waals surface area contributed by atoms with Gasteiger partial charge in [0.25, 0.3) is 0 Å². The minimum Gasteiger partial charge on any atom is -0.380 e. The van der Waals surface area contributed by atoms with Crippen molar-refractivity contribution in [1.82, 2.24) is 5.32 Å². The average Bonchev–Trinajstić information content (AvgIpc) is 2.40. The average molecular weight is 264 g/mol. The molecule has 2 N–H and O–H groups in total. The third-order valence-corrected chi connectivity index (χ3v) is 2.77. The van der Waals surface area contributed by atoms with Crippen LogP contribution in [-0.2, 0) is 9.53 Å². The number of carbonyl (C=O) groups excluding carboxylic acids is 1. The Bertz CT molecular complexity index is 380. The Balaban J connectivity index is 2.10. The van der Waals surface area contributed by atoms with Crippen molar-refractivity contribution in [2.45, 2.75) is 26.7 Å². The van der Waals surface area contributed by atoms with Gasteiger partial charge >= 0.3 is 0 Å². The van der Waals surface area contributed by atoms with Crippen molar-refractivity contribution in [3.63, 3.8) is 0 Å². The molecule has 106 valence electrons. The molecule has 1 rings (SSSR count). The molecule has 0 saturated carbocycles. The summed E-state index contributed by atoms with van der Waals surface area (Å²) in [6, 6.07) is 7.75. The van der Waals surface area contributed by atoms with E-state index < -0.39 is 0 Å². The number of ether oxygens (including phenoxy) is 1. The van der Waals surface area contributed by atoms with Crippen molar-refractivity contribution in [2.24, 2.45) is 0 Å². The van der Waals surface area contributed by atoms with Gasteiger partial charge in [0.05, 0.1) is 13.2 Å². The van der Waals surface area contributed by atoms with Gasteiger partial charge in [-0.1, -0.05) is 31.5 Å². The van der Waals surface area contributed by atoms with Crippen LogP contribution in [0.15, 0.2) is 24.3 Å². The lowest BCUT2D eigenvalue weighted by molar-refractivity contribution is -0.115. The first-order valence-electron chi connectivity index (χ1n) is 6.88. The molecule has 4 heteroatoms. The minimum atomic E-state index is -0.0251. The fourth-order valence-electron chi connectivity index (χ4n) is 1.60. The molecule has 0 unspecified atom stereocenters. The SMILES string of the molecule is CCCCOCCNCC(=O)Nc1ccccc1C. The van der Waals surface area contributed by atoms with Crippen LogP contribution in [0.25, 0.3) is 0 Å². The molecule has 0 bridgehead atoms. The Hall–Kier alpha value is -1.39. The summed E-state index contributed by atoms with van der Waals surface area (Å²) in [6.45, 7) is 6.57. The molecule has 0 aliphatic rings. The predicted octanol–water partition coefficient (Wildman–Crippen LogP) is 2.34. The summed E-state index contributed by atoms with van der Waals surface area (Å²) >= 11 is 0. The second-order valence-corrected chi connectivity index (χ2v) is 4.51. The normalized spacial score (nSPS) is 10.4. The van der Waals surface area contributed by atoms with Gasteiger partial charge in [-0.3, -0.25) is 4.79 Å². The Morgan fingerprint density at radius 3 is 2.79 bits per heavy atom. The predicted molar refractivity (Wildman–Crippen MR) is 78.4 cm³/mol. The quantitative estimate of drug-likeness (QED) is 0.673. The zero-order chi connectivity index (χ0) is 13.9. The van der Waals surface area contributed by atoms with Gasteiger partial charge < -0.3 is 15.4 Å². The zero-order valence-electron chi connectivity index (χ0n) is 11.9. The van der Waals surface area contributed by atoms with Crippen molar-refractivity contribution in [1.29, 1.82) is 0 Å². The second kappa shape index (κ2) is 9.53. The molecule has 0 radical (unpaired) electrons. The van der Waals surface area contributed by atoms with Gasteiger partial charge in [-0.15, -0.1) is 0 Å². The largest absolute Gasteiger partial charge is 0.380 e. The molecule has 19 heavy (non-hydrogen) atoms. The fraction of sp³-hybridized carbons (Fsp3) is 0.533. The van der Waals surface area contributed by atoms with Crippen molar-refractivity contribution >= 4 is 11.6 Å². The highest BCUT2D eigenvalue weighted by Crippen LogP contribution is 2.12. The summed E-state index contributed by atoms with van der Waals surface area (Å²) in [7, 11) is 0. The maximum atomic E-state index is 11.7. The van der Waals surface area contributed by atoms with Crippen molar-refractivity contribution in [3.05, 3.63) is 29.8 Å². The van der Waals surface area contributed by atoms with Crippen LogP contribution in [0.3, 0.4) is 0 Å². The zero-order valence-corrected chi connectivity index (χ0v) is 11.9. The van der Waals surface area contributed by atoms with Gasteiger partial charge in [-0.25, -0.2) is 0 Å². The molecule has 1 amide bonds. The van der Waals surface area contributed by atoms with Crippen LogP contribution >= 0.6 is 0 Å². The molecule has 0 saturated heterocycles. The lowest BCUT2D eigenvalue weighted by Gasteiger charge is -2.09. The van der Waals surface area contributed by atoms with E-state index in [4.69, 9.17) is 4.74 Å².